The van der Waals surface area contributed by atoms with Gasteiger partial charge in [-0.05, 0) is 76.4 Å². The van der Waals surface area contributed by atoms with Crippen molar-refractivity contribution in [2.75, 3.05) is 6.61 Å². The van der Waals surface area contributed by atoms with Gasteiger partial charge in [-0.1, -0.05) is 23.3 Å². The van der Waals surface area contributed by atoms with Crippen molar-refractivity contribution in [3.63, 3.8) is 0 Å². The van der Waals surface area contributed by atoms with E-state index in [9.17, 15) is 14.4 Å². The minimum Gasteiger partial charge on any atom is -0.461 e. The maximum absolute atomic E-state index is 11.6. The molecule has 0 aliphatic heterocycles. The summed E-state index contributed by atoms with van der Waals surface area (Å²) in [5, 5.41) is 0. The van der Waals surface area contributed by atoms with E-state index in [1.54, 1.807) is 0 Å². The molecule has 0 aromatic rings. The zero-order chi connectivity index (χ0) is 19.5. The summed E-state index contributed by atoms with van der Waals surface area (Å²) in [6.45, 7) is 7.84. The van der Waals surface area contributed by atoms with Gasteiger partial charge < -0.3 is 9.53 Å². The number of rotatable bonds is 11. The highest BCUT2D eigenvalue weighted by Gasteiger charge is 2.31. The standard InChI is InChI=1S/C22H32O4/c1-16(2)7-5-8-17(3)9-6-10-19(13-23)21-12-11-20(22(21)14-24)15-26-18(4)25/h7,9,13-14,19,21H,5-6,8,10-12,15H2,1-4H3/b17-9+/t19-,21-/m0/s1. The lowest BCUT2D eigenvalue weighted by molar-refractivity contribution is -0.140. The van der Waals surface area contributed by atoms with Crippen LogP contribution in [0.15, 0.2) is 34.4 Å². The topological polar surface area (TPSA) is 60.4 Å². The van der Waals surface area contributed by atoms with Crippen LogP contribution in [0.1, 0.15) is 66.2 Å². The quantitative estimate of drug-likeness (QED) is 0.303. The van der Waals surface area contributed by atoms with Gasteiger partial charge in [-0.3, -0.25) is 9.59 Å². The molecule has 1 aliphatic carbocycles. The number of carbonyl (C=O) groups excluding carboxylic acids is 3. The second-order valence-electron chi connectivity index (χ2n) is 7.35. The number of aldehydes is 2. The SMILES string of the molecule is CC(=O)OCC1=C(C=O)[C@H]([C@H](C=O)CC/C=C(\C)CCC=C(C)C)CC1. The summed E-state index contributed by atoms with van der Waals surface area (Å²) >= 11 is 0. The van der Waals surface area contributed by atoms with Crippen LogP contribution >= 0.6 is 0 Å². The summed E-state index contributed by atoms with van der Waals surface area (Å²) < 4.78 is 5.03. The van der Waals surface area contributed by atoms with Gasteiger partial charge in [0, 0.05) is 12.8 Å². The molecular weight excluding hydrogens is 328 g/mol. The molecule has 0 aromatic carbocycles. The first-order valence-electron chi connectivity index (χ1n) is 9.43. The lowest BCUT2D eigenvalue weighted by Gasteiger charge is -2.18. The van der Waals surface area contributed by atoms with Gasteiger partial charge in [0.1, 0.15) is 19.2 Å². The number of hydrogen-bond donors (Lipinski definition) is 0. The largest absolute Gasteiger partial charge is 0.461 e. The third-order valence-electron chi connectivity index (χ3n) is 4.92. The van der Waals surface area contributed by atoms with E-state index in [1.807, 2.05) is 0 Å². The normalized spacial score (nSPS) is 18.5. The zero-order valence-electron chi connectivity index (χ0n) is 16.5. The maximum atomic E-state index is 11.6. The first-order chi connectivity index (χ1) is 12.4. The van der Waals surface area contributed by atoms with Crippen LogP contribution in [0.5, 0.6) is 0 Å². The van der Waals surface area contributed by atoms with E-state index in [4.69, 9.17) is 4.74 Å². The molecule has 0 radical (unpaired) electrons. The highest BCUT2D eigenvalue weighted by molar-refractivity contribution is 5.78. The molecule has 0 heterocycles. The Kier molecular flexibility index (Phi) is 9.85. The van der Waals surface area contributed by atoms with E-state index < -0.39 is 0 Å². The molecule has 0 aromatic heterocycles. The van der Waals surface area contributed by atoms with Crippen molar-refractivity contribution in [1.29, 1.82) is 0 Å². The van der Waals surface area contributed by atoms with Crippen molar-refractivity contribution in [3.8, 4) is 0 Å². The Morgan fingerprint density at radius 3 is 2.46 bits per heavy atom. The van der Waals surface area contributed by atoms with E-state index in [2.05, 4.69) is 32.9 Å². The number of esters is 1. The van der Waals surface area contributed by atoms with E-state index >= 15 is 0 Å². The molecule has 26 heavy (non-hydrogen) atoms. The number of ether oxygens (including phenoxy) is 1. The van der Waals surface area contributed by atoms with Crippen molar-refractivity contribution >= 4 is 18.5 Å². The summed E-state index contributed by atoms with van der Waals surface area (Å²) in [6.07, 6.45) is 11.4. The van der Waals surface area contributed by atoms with Crippen LogP contribution in [0.3, 0.4) is 0 Å². The lowest BCUT2D eigenvalue weighted by Crippen LogP contribution is -2.17. The van der Waals surface area contributed by atoms with Crippen LogP contribution in [-0.2, 0) is 19.1 Å². The average Bonchev–Trinajstić information content (AvgIpc) is 2.99. The van der Waals surface area contributed by atoms with E-state index in [-0.39, 0.29) is 24.4 Å². The predicted molar refractivity (Wildman–Crippen MR) is 104 cm³/mol. The molecule has 0 bridgehead atoms. The maximum Gasteiger partial charge on any atom is 0.302 e. The van der Waals surface area contributed by atoms with Crippen LogP contribution in [0.2, 0.25) is 0 Å². The molecule has 0 saturated heterocycles. The van der Waals surface area contributed by atoms with E-state index in [0.717, 1.165) is 50.2 Å². The van der Waals surface area contributed by atoms with Gasteiger partial charge >= 0.3 is 5.97 Å². The molecule has 4 nitrogen and oxygen atoms in total. The van der Waals surface area contributed by atoms with E-state index in [0.29, 0.717) is 12.0 Å². The van der Waals surface area contributed by atoms with Gasteiger partial charge in [-0.2, -0.15) is 0 Å². The van der Waals surface area contributed by atoms with Crippen molar-refractivity contribution in [1.82, 2.24) is 0 Å². The minimum absolute atomic E-state index is 0.0464. The van der Waals surface area contributed by atoms with Crippen LogP contribution in [0.4, 0.5) is 0 Å². The van der Waals surface area contributed by atoms with Gasteiger partial charge in [0.25, 0.3) is 0 Å². The molecule has 0 amide bonds. The fraction of sp³-hybridized carbons (Fsp3) is 0.591. The third-order valence-corrected chi connectivity index (χ3v) is 4.92. The Labute approximate surface area is 157 Å². The second kappa shape index (κ2) is 11.6. The van der Waals surface area contributed by atoms with Gasteiger partial charge in [-0.25, -0.2) is 0 Å². The summed E-state index contributed by atoms with van der Waals surface area (Å²) in [6, 6.07) is 0. The van der Waals surface area contributed by atoms with Crippen LogP contribution in [-0.4, -0.2) is 25.1 Å². The Morgan fingerprint density at radius 2 is 1.88 bits per heavy atom. The summed E-state index contributed by atoms with van der Waals surface area (Å²) in [7, 11) is 0. The summed E-state index contributed by atoms with van der Waals surface area (Å²) in [4.78, 5) is 34.1. The molecule has 2 atom stereocenters. The smallest absolute Gasteiger partial charge is 0.302 e. The molecule has 0 spiro atoms. The van der Waals surface area contributed by atoms with Crippen molar-refractivity contribution in [3.05, 3.63) is 34.4 Å². The second-order valence-corrected chi connectivity index (χ2v) is 7.35. The molecule has 0 saturated carbocycles. The van der Waals surface area contributed by atoms with Crippen molar-refractivity contribution in [2.45, 2.75) is 66.2 Å². The van der Waals surface area contributed by atoms with Crippen LogP contribution in [0.25, 0.3) is 0 Å². The van der Waals surface area contributed by atoms with Crippen LogP contribution < -0.4 is 0 Å². The zero-order valence-corrected chi connectivity index (χ0v) is 16.5. The Balaban J connectivity index is 2.62. The fourth-order valence-corrected chi connectivity index (χ4v) is 3.43. The number of allylic oxidation sites excluding steroid dienone is 5. The monoisotopic (exact) mass is 360 g/mol. The van der Waals surface area contributed by atoms with E-state index in [1.165, 1.54) is 18.1 Å². The van der Waals surface area contributed by atoms with Gasteiger partial charge in [0.2, 0.25) is 0 Å². The molecule has 0 fully saturated rings. The van der Waals surface area contributed by atoms with Gasteiger partial charge in [0.05, 0.1) is 0 Å². The van der Waals surface area contributed by atoms with Gasteiger partial charge in [-0.15, -0.1) is 0 Å². The predicted octanol–water partition coefficient (Wildman–Crippen LogP) is 4.74. The molecule has 144 valence electrons. The van der Waals surface area contributed by atoms with Crippen molar-refractivity contribution < 1.29 is 19.1 Å². The summed E-state index contributed by atoms with van der Waals surface area (Å²) in [5.41, 5.74) is 4.19. The first-order valence-corrected chi connectivity index (χ1v) is 9.43. The Hall–Kier alpha value is -1.97. The number of hydrogen-bond acceptors (Lipinski definition) is 4. The lowest BCUT2D eigenvalue weighted by atomic mass is 9.84. The molecular formula is C22H32O4. The average molecular weight is 360 g/mol. The fourth-order valence-electron chi connectivity index (χ4n) is 3.43. The first kappa shape index (κ1) is 22.1. The third kappa shape index (κ3) is 7.51. The number of carbonyl (C=O) groups is 3. The van der Waals surface area contributed by atoms with Crippen molar-refractivity contribution in [2.24, 2.45) is 11.8 Å². The highest BCUT2D eigenvalue weighted by atomic mass is 16.5. The Bertz CT molecular complexity index is 591. The van der Waals surface area contributed by atoms with Gasteiger partial charge in [0.15, 0.2) is 0 Å². The summed E-state index contributed by atoms with van der Waals surface area (Å²) in [5.74, 6) is -0.561. The molecule has 0 N–H and O–H groups in total. The highest BCUT2D eigenvalue weighted by Crippen LogP contribution is 2.37. The molecule has 1 rings (SSSR count). The van der Waals surface area contributed by atoms with Crippen LogP contribution in [0, 0.1) is 11.8 Å². The molecule has 0 unspecified atom stereocenters. The Morgan fingerprint density at radius 1 is 1.15 bits per heavy atom. The molecule has 4 heteroatoms. The molecule has 1 aliphatic rings. The minimum atomic E-state index is -0.355.